The Hall–Kier alpha value is -2.20. The van der Waals surface area contributed by atoms with Crippen LogP contribution >= 0.6 is 34.8 Å². The maximum Gasteiger partial charge on any atom is 0.270 e. The molecule has 2 rings (SSSR count). The van der Waals surface area contributed by atoms with E-state index < -0.39 is 0 Å². The zero-order chi connectivity index (χ0) is 19.8. The molecule has 2 aromatic rings. The fourth-order valence-electron chi connectivity index (χ4n) is 2.03. The Morgan fingerprint density at radius 3 is 2.37 bits per heavy atom. The lowest BCUT2D eigenvalue weighted by Crippen LogP contribution is -2.48. The van der Waals surface area contributed by atoms with E-state index in [2.05, 4.69) is 38.8 Å². The number of nitrogens with one attached hydrogen (secondary N) is 3. The molecule has 6 nitrogen and oxygen atoms in total. The Morgan fingerprint density at radius 1 is 1.07 bits per heavy atom. The zero-order valence-corrected chi connectivity index (χ0v) is 17.9. The van der Waals surface area contributed by atoms with Crippen LogP contribution in [0.2, 0.25) is 0 Å². The van der Waals surface area contributed by atoms with Crippen LogP contribution in [0.5, 0.6) is 5.75 Å². The summed E-state index contributed by atoms with van der Waals surface area (Å²) in [5, 5.41) is 2.51. The Labute approximate surface area is 177 Å². The van der Waals surface area contributed by atoms with E-state index in [-0.39, 0.29) is 23.0 Å². The minimum absolute atomic E-state index is 0.000721. The summed E-state index contributed by atoms with van der Waals surface area (Å²) in [6.07, 6.45) is 1.01. The van der Waals surface area contributed by atoms with Gasteiger partial charge in [-0.15, -0.1) is 0 Å². The van der Waals surface area contributed by atoms with Gasteiger partial charge in [-0.25, -0.2) is 0 Å². The van der Waals surface area contributed by atoms with E-state index in [0.29, 0.717) is 16.9 Å². The van der Waals surface area contributed by atoms with E-state index in [1.54, 1.807) is 36.4 Å². The largest absolute Gasteiger partial charge is 0.491 e. The van der Waals surface area contributed by atoms with Crippen molar-refractivity contribution >= 4 is 51.7 Å². The lowest BCUT2D eigenvalue weighted by Gasteiger charge is -2.13. The predicted molar refractivity (Wildman–Crippen MR) is 117 cm³/mol. The molecule has 27 heavy (non-hydrogen) atoms. The Bertz CT molecular complexity index is 827. The van der Waals surface area contributed by atoms with Gasteiger partial charge in [0.25, 0.3) is 11.8 Å². The molecule has 1 unspecified atom stereocenters. The average molecular weight is 497 g/mol. The minimum Gasteiger partial charge on any atom is -0.491 e. The highest BCUT2D eigenvalue weighted by atomic mass is 127. The first-order valence-electron chi connectivity index (χ1n) is 8.33. The van der Waals surface area contributed by atoms with E-state index in [1.807, 2.05) is 26.0 Å². The standard InChI is InChI=1S/C19H20IN3O3S/c1-3-12(2)26-14-10-8-13(9-11-14)17(24)21-19(27)23-22-18(25)15-6-4-5-7-16(15)20/h4-12H,3H2,1-2H3,(H,22,25)(H2,21,23,24,27). The van der Waals surface area contributed by atoms with Crippen LogP contribution in [0, 0.1) is 3.57 Å². The van der Waals surface area contributed by atoms with Crippen LogP contribution in [0.4, 0.5) is 0 Å². The van der Waals surface area contributed by atoms with Crippen molar-refractivity contribution in [3.63, 3.8) is 0 Å². The highest BCUT2D eigenvalue weighted by Crippen LogP contribution is 2.15. The van der Waals surface area contributed by atoms with Gasteiger partial charge in [-0.2, -0.15) is 0 Å². The van der Waals surface area contributed by atoms with Gasteiger partial charge in [-0.1, -0.05) is 19.1 Å². The van der Waals surface area contributed by atoms with Crippen molar-refractivity contribution < 1.29 is 14.3 Å². The number of thiocarbonyl (C=S) groups is 1. The average Bonchev–Trinajstić information content (AvgIpc) is 2.66. The van der Waals surface area contributed by atoms with Crippen molar-refractivity contribution in [3.05, 3.63) is 63.2 Å². The van der Waals surface area contributed by atoms with Crippen molar-refractivity contribution in [2.75, 3.05) is 0 Å². The molecule has 0 aliphatic carbocycles. The van der Waals surface area contributed by atoms with Crippen LogP contribution in [0.15, 0.2) is 48.5 Å². The number of hydrazine groups is 1. The van der Waals surface area contributed by atoms with E-state index in [0.717, 1.165) is 9.99 Å². The highest BCUT2D eigenvalue weighted by molar-refractivity contribution is 14.1. The molecule has 1 atom stereocenters. The third-order valence-electron chi connectivity index (χ3n) is 3.66. The van der Waals surface area contributed by atoms with Crippen molar-refractivity contribution in [1.29, 1.82) is 0 Å². The highest BCUT2D eigenvalue weighted by Gasteiger charge is 2.11. The van der Waals surface area contributed by atoms with Crippen LogP contribution < -0.4 is 20.9 Å². The number of hydrogen-bond acceptors (Lipinski definition) is 4. The second-order valence-corrected chi connectivity index (χ2v) is 7.27. The van der Waals surface area contributed by atoms with E-state index in [1.165, 1.54) is 0 Å². The second-order valence-electron chi connectivity index (χ2n) is 5.70. The Kier molecular flexibility index (Phi) is 7.99. The molecule has 0 radical (unpaired) electrons. The first-order chi connectivity index (χ1) is 12.9. The fraction of sp³-hybridized carbons (Fsp3) is 0.211. The lowest BCUT2D eigenvalue weighted by atomic mass is 10.2. The number of amides is 2. The molecule has 0 aliphatic heterocycles. The van der Waals surface area contributed by atoms with Gasteiger partial charge < -0.3 is 4.74 Å². The summed E-state index contributed by atoms with van der Waals surface area (Å²) in [6.45, 7) is 4.02. The smallest absolute Gasteiger partial charge is 0.270 e. The Balaban J connectivity index is 1.85. The maximum absolute atomic E-state index is 12.2. The number of hydrogen-bond donors (Lipinski definition) is 3. The molecular weight excluding hydrogens is 477 g/mol. The van der Waals surface area contributed by atoms with E-state index in [4.69, 9.17) is 17.0 Å². The number of ether oxygens (including phenoxy) is 1. The van der Waals surface area contributed by atoms with Gasteiger partial charge in [-0.05, 0) is 84.6 Å². The molecule has 142 valence electrons. The summed E-state index contributed by atoms with van der Waals surface area (Å²) in [5.74, 6) is -0.0272. The van der Waals surface area contributed by atoms with Crippen molar-refractivity contribution in [2.45, 2.75) is 26.4 Å². The summed E-state index contributed by atoms with van der Waals surface area (Å²) in [4.78, 5) is 24.3. The minimum atomic E-state index is -0.383. The topological polar surface area (TPSA) is 79.5 Å². The van der Waals surface area contributed by atoms with Gasteiger partial charge in [-0.3, -0.25) is 25.8 Å². The molecule has 2 amide bonds. The molecular formula is C19H20IN3O3S. The third kappa shape index (κ3) is 6.47. The molecule has 8 heteroatoms. The van der Waals surface area contributed by atoms with Gasteiger partial charge in [0.1, 0.15) is 5.75 Å². The van der Waals surface area contributed by atoms with Crippen molar-refractivity contribution in [2.24, 2.45) is 0 Å². The van der Waals surface area contributed by atoms with Crippen LogP contribution in [-0.2, 0) is 0 Å². The molecule has 0 fully saturated rings. The molecule has 3 N–H and O–H groups in total. The molecule has 0 spiro atoms. The summed E-state index contributed by atoms with van der Waals surface area (Å²) in [5.41, 5.74) is 5.93. The summed E-state index contributed by atoms with van der Waals surface area (Å²) in [7, 11) is 0. The molecule has 2 aromatic carbocycles. The zero-order valence-electron chi connectivity index (χ0n) is 14.9. The number of halogens is 1. The van der Waals surface area contributed by atoms with Gasteiger partial charge in [0.2, 0.25) is 0 Å². The monoisotopic (exact) mass is 497 g/mol. The van der Waals surface area contributed by atoms with Crippen molar-refractivity contribution in [3.8, 4) is 5.75 Å². The first kappa shape index (κ1) is 21.1. The normalized spacial score (nSPS) is 11.2. The fourth-order valence-corrected chi connectivity index (χ4v) is 2.81. The van der Waals surface area contributed by atoms with Gasteiger partial charge in [0, 0.05) is 9.13 Å². The SMILES string of the molecule is CCC(C)Oc1ccc(C(=O)NC(=S)NNC(=O)c2ccccc2I)cc1. The molecule has 0 heterocycles. The quantitative estimate of drug-likeness (QED) is 0.335. The number of carbonyl (C=O) groups is 2. The molecule has 0 saturated heterocycles. The molecule has 0 aromatic heterocycles. The number of rotatable bonds is 5. The third-order valence-corrected chi connectivity index (χ3v) is 4.81. The van der Waals surface area contributed by atoms with E-state index in [9.17, 15) is 9.59 Å². The van der Waals surface area contributed by atoms with Crippen LogP contribution in [0.1, 0.15) is 41.0 Å². The van der Waals surface area contributed by atoms with Gasteiger partial charge in [0.05, 0.1) is 11.7 Å². The second kappa shape index (κ2) is 10.2. The Morgan fingerprint density at radius 2 is 1.74 bits per heavy atom. The van der Waals surface area contributed by atoms with Gasteiger partial charge in [0.15, 0.2) is 5.11 Å². The maximum atomic E-state index is 12.2. The first-order valence-corrected chi connectivity index (χ1v) is 9.82. The lowest BCUT2D eigenvalue weighted by molar-refractivity contribution is 0.0934. The van der Waals surface area contributed by atoms with Crippen LogP contribution in [-0.4, -0.2) is 23.0 Å². The van der Waals surface area contributed by atoms with Gasteiger partial charge >= 0.3 is 0 Å². The molecule has 0 aliphatic rings. The van der Waals surface area contributed by atoms with Crippen LogP contribution in [0.25, 0.3) is 0 Å². The van der Waals surface area contributed by atoms with E-state index >= 15 is 0 Å². The number of benzene rings is 2. The molecule has 0 bridgehead atoms. The van der Waals surface area contributed by atoms with Crippen molar-refractivity contribution in [1.82, 2.24) is 16.2 Å². The molecule has 0 saturated carbocycles. The number of carbonyl (C=O) groups excluding carboxylic acids is 2. The van der Waals surface area contributed by atoms with Crippen LogP contribution in [0.3, 0.4) is 0 Å². The summed E-state index contributed by atoms with van der Waals surface area (Å²) in [6, 6.07) is 13.9. The predicted octanol–water partition coefficient (Wildman–Crippen LogP) is 3.42. The summed E-state index contributed by atoms with van der Waals surface area (Å²) < 4.78 is 6.49. The summed E-state index contributed by atoms with van der Waals surface area (Å²) >= 11 is 7.12.